The maximum atomic E-state index is 12.5. The number of hydrogen-bond donors (Lipinski definition) is 3. The van der Waals surface area contributed by atoms with E-state index in [9.17, 15) is 15.0 Å². The molecule has 0 bridgehead atoms. The van der Waals surface area contributed by atoms with E-state index in [2.05, 4.69) is 104 Å². The molecule has 0 saturated heterocycles. The van der Waals surface area contributed by atoms with Crippen LogP contribution in [0.3, 0.4) is 0 Å². The van der Waals surface area contributed by atoms with Crippen molar-refractivity contribution in [2.45, 2.75) is 315 Å². The van der Waals surface area contributed by atoms with Crippen LogP contribution in [0.2, 0.25) is 0 Å². The summed E-state index contributed by atoms with van der Waals surface area (Å²) in [7, 11) is 0. The predicted octanol–water partition coefficient (Wildman–Crippen LogP) is 20.9. The third-order valence-corrected chi connectivity index (χ3v) is 13.8. The molecule has 0 rings (SSSR count). The van der Waals surface area contributed by atoms with E-state index in [1.165, 1.54) is 212 Å². The van der Waals surface area contributed by atoms with Gasteiger partial charge in [0, 0.05) is 6.42 Å². The number of rotatable bonds is 56. The summed E-state index contributed by atoms with van der Waals surface area (Å²) in [5, 5.41) is 23.2. The Morgan fingerprint density at radius 1 is 0.352 bits per heavy atom. The second kappa shape index (κ2) is 61.6. The zero-order chi connectivity index (χ0) is 51.3. The number of nitrogens with one attached hydrogen (secondary N) is 1. The molecule has 0 fully saturated rings. The maximum absolute atomic E-state index is 12.5. The van der Waals surface area contributed by atoms with E-state index >= 15 is 0 Å². The molecule has 0 aliphatic heterocycles. The number of amides is 1. The van der Waals surface area contributed by atoms with Gasteiger partial charge in [-0.15, -0.1) is 0 Å². The molecule has 0 aliphatic rings. The van der Waals surface area contributed by atoms with Gasteiger partial charge in [-0.3, -0.25) is 4.79 Å². The van der Waals surface area contributed by atoms with Gasteiger partial charge in [0.2, 0.25) is 5.91 Å². The number of aliphatic hydroxyl groups is 2. The maximum Gasteiger partial charge on any atom is 0.220 e. The molecule has 0 saturated carbocycles. The van der Waals surface area contributed by atoms with Crippen molar-refractivity contribution in [3.8, 4) is 0 Å². The zero-order valence-electron chi connectivity index (χ0n) is 47.2. The number of carbonyl (C=O) groups is 1. The van der Waals surface area contributed by atoms with Crippen LogP contribution in [0.25, 0.3) is 0 Å². The number of unbranched alkanes of at least 4 members (excludes halogenated alkanes) is 35. The second-order valence-corrected chi connectivity index (χ2v) is 20.7. The number of allylic oxidation sites excluding steroid dienone is 15. The Bertz CT molecular complexity index is 1300. The summed E-state index contributed by atoms with van der Waals surface area (Å²) < 4.78 is 0. The highest BCUT2D eigenvalue weighted by atomic mass is 16.3. The van der Waals surface area contributed by atoms with Crippen LogP contribution in [0.1, 0.15) is 303 Å². The molecule has 0 heterocycles. The predicted molar refractivity (Wildman–Crippen MR) is 317 cm³/mol. The first-order valence-electron chi connectivity index (χ1n) is 31.0. The number of carbonyl (C=O) groups excluding carboxylic acids is 1. The molecule has 0 spiro atoms. The van der Waals surface area contributed by atoms with E-state index in [-0.39, 0.29) is 12.5 Å². The Balaban J connectivity index is 3.56. The van der Waals surface area contributed by atoms with Gasteiger partial charge in [0.05, 0.1) is 18.8 Å². The molecular formula is C67H119NO3. The van der Waals surface area contributed by atoms with Gasteiger partial charge >= 0.3 is 0 Å². The van der Waals surface area contributed by atoms with Crippen LogP contribution in [-0.2, 0) is 4.79 Å². The van der Waals surface area contributed by atoms with Crippen molar-refractivity contribution in [3.05, 3.63) is 97.2 Å². The van der Waals surface area contributed by atoms with Crippen molar-refractivity contribution in [1.29, 1.82) is 0 Å². The van der Waals surface area contributed by atoms with E-state index < -0.39 is 12.1 Å². The van der Waals surface area contributed by atoms with Gasteiger partial charge in [-0.2, -0.15) is 0 Å². The Kier molecular flexibility index (Phi) is 59.3. The molecule has 71 heavy (non-hydrogen) atoms. The van der Waals surface area contributed by atoms with Crippen LogP contribution in [0.15, 0.2) is 97.2 Å². The minimum atomic E-state index is -0.879. The summed E-state index contributed by atoms with van der Waals surface area (Å²) in [6, 6.07) is -0.655. The smallest absolute Gasteiger partial charge is 0.220 e. The van der Waals surface area contributed by atoms with Crippen LogP contribution in [0, 0.1) is 0 Å². The van der Waals surface area contributed by atoms with Crippen molar-refractivity contribution >= 4 is 5.91 Å². The SMILES string of the molecule is CC/C=C\C/C=C\C/C=C\C/C=C\C/C=C\CCCCCCCCCCCCCC(=O)NC(CO)C(O)/C=C/CC/C=C/CC/C=C/CCCCCCCCCCCCCCCCCCCCCCCC. The van der Waals surface area contributed by atoms with Gasteiger partial charge < -0.3 is 15.5 Å². The first-order valence-corrected chi connectivity index (χ1v) is 31.0. The molecule has 410 valence electrons. The Morgan fingerprint density at radius 2 is 0.634 bits per heavy atom. The van der Waals surface area contributed by atoms with Gasteiger partial charge in [0.25, 0.3) is 0 Å². The van der Waals surface area contributed by atoms with Gasteiger partial charge in [-0.25, -0.2) is 0 Å². The first-order chi connectivity index (χ1) is 35.2. The summed E-state index contributed by atoms with van der Waals surface area (Å²) in [6.07, 6.45) is 91.7. The molecule has 0 aliphatic carbocycles. The lowest BCUT2D eigenvalue weighted by molar-refractivity contribution is -0.123. The van der Waals surface area contributed by atoms with E-state index in [4.69, 9.17) is 0 Å². The fourth-order valence-corrected chi connectivity index (χ4v) is 9.12. The average Bonchev–Trinajstić information content (AvgIpc) is 3.37. The molecule has 4 heteroatoms. The molecule has 2 atom stereocenters. The van der Waals surface area contributed by atoms with Crippen molar-refractivity contribution in [2.24, 2.45) is 0 Å². The van der Waals surface area contributed by atoms with E-state index in [0.29, 0.717) is 6.42 Å². The zero-order valence-corrected chi connectivity index (χ0v) is 47.2. The average molecular weight is 987 g/mol. The molecule has 0 aromatic carbocycles. The topological polar surface area (TPSA) is 69.6 Å². The molecule has 0 aromatic heterocycles. The Labute approximate surface area is 443 Å². The highest BCUT2D eigenvalue weighted by molar-refractivity contribution is 5.76. The van der Waals surface area contributed by atoms with Gasteiger partial charge in [-0.05, 0) is 89.9 Å². The van der Waals surface area contributed by atoms with Crippen LogP contribution >= 0.6 is 0 Å². The summed E-state index contributed by atoms with van der Waals surface area (Å²) in [5.41, 5.74) is 0. The normalized spacial score (nSPS) is 13.5. The number of aliphatic hydroxyl groups excluding tert-OH is 2. The molecular weight excluding hydrogens is 867 g/mol. The molecule has 4 nitrogen and oxygen atoms in total. The van der Waals surface area contributed by atoms with Crippen LogP contribution in [0.4, 0.5) is 0 Å². The van der Waals surface area contributed by atoms with Crippen molar-refractivity contribution in [3.63, 3.8) is 0 Å². The van der Waals surface area contributed by atoms with E-state index in [1.54, 1.807) is 6.08 Å². The lowest BCUT2D eigenvalue weighted by atomic mass is 10.0. The third-order valence-electron chi connectivity index (χ3n) is 13.8. The second-order valence-electron chi connectivity index (χ2n) is 20.7. The van der Waals surface area contributed by atoms with Crippen LogP contribution in [-0.4, -0.2) is 34.9 Å². The summed E-state index contributed by atoms with van der Waals surface area (Å²) in [4.78, 5) is 12.5. The fraction of sp³-hybridized carbons (Fsp3) is 0.746. The summed E-state index contributed by atoms with van der Waals surface area (Å²) >= 11 is 0. The monoisotopic (exact) mass is 986 g/mol. The van der Waals surface area contributed by atoms with Crippen molar-refractivity contribution in [1.82, 2.24) is 5.32 Å². The minimum absolute atomic E-state index is 0.0825. The third kappa shape index (κ3) is 58.1. The van der Waals surface area contributed by atoms with Crippen LogP contribution in [0.5, 0.6) is 0 Å². The lowest BCUT2D eigenvalue weighted by Gasteiger charge is -2.19. The lowest BCUT2D eigenvalue weighted by Crippen LogP contribution is -2.45. The number of hydrogen-bond acceptors (Lipinski definition) is 3. The van der Waals surface area contributed by atoms with E-state index in [1.807, 2.05) is 6.08 Å². The van der Waals surface area contributed by atoms with Crippen molar-refractivity contribution < 1.29 is 15.0 Å². The highest BCUT2D eigenvalue weighted by Crippen LogP contribution is 2.17. The molecule has 0 radical (unpaired) electrons. The Morgan fingerprint density at radius 3 is 0.986 bits per heavy atom. The largest absolute Gasteiger partial charge is 0.394 e. The summed E-state index contributed by atoms with van der Waals surface area (Å²) in [6.45, 7) is 4.20. The molecule has 2 unspecified atom stereocenters. The molecule has 1 amide bonds. The minimum Gasteiger partial charge on any atom is -0.394 e. The standard InChI is InChI=1S/C67H119NO3/c1-3-5-7-9-11-13-15-17-19-21-23-25-27-29-31-32-33-34-35-37-38-40-42-44-46-48-50-52-54-56-58-60-62-66(70)65(64-69)68-67(71)63-61-59-57-55-53-51-49-47-45-43-41-39-36-30-28-26-24-22-20-18-16-14-12-10-8-6-4-2/h6,8,12,14,18,20,24,26,30,36,44,46,52,54,60,62,65-66,69-70H,3-5,7,9-11,13,15-17,19,21-23,25,27-29,31-35,37-43,45,47-51,53,55-59,61,63-64H2,1-2H3,(H,68,71)/b8-6-,14-12-,20-18-,26-24-,36-30-,46-44+,54-52+,62-60+. The highest BCUT2D eigenvalue weighted by Gasteiger charge is 2.18. The fourth-order valence-electron chi connectivity index (χ4n) is 9.12. The summed E-state index contributed by atoms with van der Waals surface area (Å²) in [5.74, 6) is -0.0825. The molecule has 3 N–H and O–H groups in total. The molecule has 0 aromatic rings. The van der Waals surface area contributed by atoms with Crippen LogP contribution < -0.4 is 5.32 Å². The van der Waals surface area contributed by atoms with Gasteiger partial charge in [-0.1, -0.05) is 304 Å². The van der Waals surface area contributed by atoms with Gasteiger partial charge in [0.15, 0.2) is 0 Å². The van der Waals surface area contributed by atoms with Gasteiger partial charge in [0.1, 0.15) is 0 Å². The quantitative estimate of drug-likeness (QED) is 0.0420. The first kappa shape index (κ1) is 68.3. The Hall–Kier alpha value is -2.69. The van der Waals surface area contributed by atoms with E-state index in [0.717, 1.165) is 70.6 Å². The van der Waals surface area contributed by atoms with Crippen molar-refractivity contribution in [2.75, 3.05) is 6.61 Å².